The molecule has 0 bridgehead atoms. The Bertz CT molecular complexity index is 955. The third-order valence-corrected chi connectivity index (χ3v) is 7.69. The van der Waals surface area contributed by atoms with E-state index in [1.807, 2.05) is 4.90 Å². The lowest BCUT2D eigenvalue weighted by Gasteiger charge is -2.36. The molecule has 4 heterocycles. The van der Waals surface area contributed by atoms with Gasteiger partial charge in [-0.1, -0.05) is 0 Å². The molecule has 3 aliphatic rings. The number of aromatic amines is 1. The Morgan fingerprint density at radius 3 is 2.69 bits per heavy atom. The van der Waals surface area contributed by atoms with Gasteiger partial charge in [0.2, 0.25) is 5.91 Å². The third-order valence-electron chi connectivity index (χ3n) is 6.50. The fraction of sp³-hybridized carbons (Fsp3) is 0.667. The molecule has 0 spiro atoms. The summed E-state index contributed by atoms with van der Waals surface area (Å²) in [5, 5.41) is 0.820. The van der Waals surface area contributed by atoms with Crippen LogP contribution in [0.1, 0.15) is 41.9 Å². The molecule has 7 nitrogen and oxygen atoms in total. The molecule has 29 heavy (non-hydrogen) atoms. The number of thiophene rings is 1. The van der Waals surface area contributed by atoms with E-state index in [-0.39, 0.29) is 17.4 Å². The van der Waals surface area contributed by atoms with Gasteiger partial charge < -0.3 is 14.6 Å². The van der Waals surface area contributed by atoms with Gasteiger partial charge in [0.25, 0.3) is 5.56 Å². The number of ether oxygens (including phenoxy) is 1. The summed E-state index contributed by atoms with van der Waals surface area (Å²) in [4.78, 5) is 39.8. The fourth-order valence-corrected chi connectivity index (χ4v) is 6.11. The molecular formula is C21H28N4O3S. The number of hydrogen-bond donors (Lipinski definition) is 1. The summed E-state index contributed by atoms with van der Waals surface area (Å²) in [5.74, 6) is 1.15. The van der Waals surface area contributed by atoms with Crippen LogP contribution in [0, 0.1) is 5.92 Å². The van der Waals surface area contributed by atoms with Crippen molar-refractivity contribution in [3.05, 3.63) is 26.6 Å². The Morgan fingerprint density at radius 1 is 1.14 bits per heavy atom. The quantitative estimate of drug-likeness (QED) is 0.827. The number of carbonyl (C=O) groups excluding carboxylic acids is 1. The van der Waals surface area contributed by atoms with Crippen LogP contribution in [-0.2, 0) is 28.9 Å². The van der Waals surface area contributed by atoms with Crippen molar-refractivity contribution >= 4 is 27.5 Å². The zero-order chi connectivity index (χ0) is 19.8. The highest BCUT2D eigenvalue weighted by molar-refractivity contribution is 7.18. The molecule has 0 radical (unpaired) electrons. The van der Waals surface area contributed by atoms with E-state index in [1.54, 1.807) is 11.3 Å². The number of H-pyrrole nitrogens is 1. The van der Waals surface area contributed by atoms with Gasteiger partial charge in [-0.25, -0.2) is 4.98 Å². The highest BCUT2D eigenvalue weighted by Gasteiger charge is 2.29. The van der Waals surface area contributed by atoms with Crippen LogP contribution in [0.25, 0.3) is 10.2 Å². The van der Waals surface area contributed by atoms with E-state index in [0.717, 1.165) is 74.3 Å². The summed E-state index contributed by atoms with van der Waals surface area (Å²) >= 11 is 1.70. The standard InChI is InChI=1S/C21H28N4O3S/c26-19-18-15-3-1-2-4-16(15)29-20(18)23-17(22-19)13-24-7-9-25(10-8-24)21(27)14-5-11-28-12-6-14/h14H,1-13H2,(H,22,23,26). The molecule has 2 aromatic rings. The van der Waals surface area contributed by atoms with Gasteiger partial charge in [-0.05, 0) is 44.1 Å². The van der Waals surface area contributed by atoms with Crippen LogP contribution in [0.15, 0.2) is 4.79 Å². The molecule has 1 amide bonds. The van der Waals surface area contributed by atoms with E-state index in [2.05, 4.69) is 9.88 Å². The molecule has 0 aromatic carbocycles. The van der Waals surface area contributed by atoms with Crippen LogP contribution in [0.3, 0.4) is 0 Å². The first-order valence-corrected chi connectivity index (χ1v) is 11.6. The number of amides is 1. The predicted molar refractivity (Wildman–Crippen MR) is 112 cm³/mol. The Balaban J connectivity index is 1.24. The minimum absolute atomic E-state index is 0.0118. The van der Waals surface area contributed by atoms with E-state index >= 15 is 0 Å². The Hall–Kier alpha value is -1.77. The monoisotopic (exact) mass is 416 g/mol. The molecule has 1 aliphatic carbocycles. The van der Waals surface area contributed by atoms with Gasteiger partial charge in [-0.2, -0.15) is 0 Å². The molecule has 0 saturated carbocycles. The van der Waals surface area contributed by atoms with Gasteiger partial charge in [0.15, 0.2) is 0 Å². The van der Waals surface area contributed by atoms with Crippen molar-refractivity contribution in [2.24, 2.45) is 5.92 Å². The van der Waals surface area contributed by atoms with Gasteiger partial charge in [-0.15, -0.1) is 11.3 Å². The fourth-order valence-electron chi connectivity index (χ4n) is 4.82. The zero-order valence-corrected chi connectivity index (χ0v) is 17.6. The molecule has 2 saturated heterocycles. The van der Waals surface area contributed by atoms with Crippen LogP contribution < -0.4 is 5.56 Å². The summed E-state index contributed by atoms with van der Waals surface area (Å²) in [6.07, 6.45) is 6.14. The number of nitrogens with one attached hydrogen (secondary N) is 1. The minimum Gasteiger partial charge on any atom is -0.381 e. The van der Waals surface area contributed by atoms with Gasteiger partial charge in [0.05, 0.1) is 11.9 Å². The number of aryl methyl sites for hydroxylation is 2. The van der Waals surface area contributed by atoms with Gasteiger partial charge in [0.1, 0.15) is 10.7 Å². The Morgan fingerprint density at radius 2 is 1.90 bits per heavy atom. The van der Waals surface area contributed by atoms with E-state index in [1.165, 1.54) is 16.9 Å². The van der Waals surface area contributed by atoms with E-state index in [9.17, 15) is 9.59 Å². The summed E-state index contributed by atoms with van der Waals surface area (Å²) in [5.41, 5.74) is 1.24. The molecule has 0 atom stereocenters. The van der Waals surface area contributed by atoms with Crippen LogP contribution in [-0.4, -0.2) is 65.1 Å². The van der Waals surface area contributed by atoms with E-state index in [4.69, 9.17) is 9.72 Å². The smallest absolute Gasteiger partial charge is 0.259 e. The highest BCUT2D eigenvalue weighted by Crippen LogP contribution is 2.33. The lowest BCUT2D eigenvalue weighted by atomic mass is 9.97. The average Bonchev–Trinajstić information content (AvgIpc) is 3.13. The Labute approximate surface area is 174 Å². The second kappa shape index (κ2) is 8.16. The summed E-state index contributed by atoms with van der Waals surface area (Å²) < 4.78 is 5.37. The molecule has 2 fully saturated rings. The predicted octanol–water partition coefficient (Wildman–Crippen LogP) is 1.93. The largest absolute Gasteiger partial charge is 0.381 e. The molecule has 2 aliphatic heterocycles. The maximum Gasteiger partial charge on any atom is 0.259 e. The van der Waals surface area contributed by atoms with Gasteiger partial charge in [0, 0.05) is 50.2 Å². The van der Waals surface area contributed by atoms with Gasteiger partial charge >= 0.3 is 0 Å². The molecule has 5 rings (SSSR count). The first-order chi connectivity index (χ1) is 14.2. The highest BCUT2D eigenvalue weighted by atomic mass is 32.1. The number of aromatic nitrogens is 2. The molecule has 2 aromatic heterocycles. The van der Waals surface area contributed by atoms with Crippen LogP contribution >= 0.6 is 11.3 Å². The van der Waals surface area contributed by atoms with Crippen molar-refractivity contribution in [3.63, 3.8) is 0 Å². The van der Waals surface area contributed by atoms with Crippen molar-refractivity contribution < 1.29 is 9.53 Å². The van der Waals surface area contributed by atoms with Crippen LogP contribution in [0.2, 0.25) is 0 Å². The lowest BCUT2D eigenvalue weighted by Crippen LogP contribution is -2.50. The SMILES string of the molecule is O=C(C1CCOCC1)N1CCN(Cc2nc3sc4c(c3c(=O)[nH]2)CCCC4)CC1. The normalized spacial score (nSPS) is 21.4. The first-order valence-electron chi connectivity index (χ1n) is 10.8. The number of carbonyl (C=O) groups is 1. The third kappa shape index (κ3) is 3.85. The van der Waals surface area contributed by atoms with E-state index < -0.39 is 0 Å². The molecule has 1 N–H and O–H groups in total. The zero-order valence-electron chi connectivity index (χ0n) is 16.7. The van der Waals surface area contributed by atoms with Crippen molar-refractivity contribution in [2.75, 3.05) is 39.4 Å². The van der Waals surface area contributed by atoms with Crippen molar-refractivity contribution in [1.29, 1.82) is 0 Å². The maximum atomic E-state index is 12.7. The number of piperazine rings is 1. The molecule has 156 valence electrons. The first kappa shape index (κ1) is 19.2. The van der Waals surface area contributed by atoms with Crippen molar-refractivity contribution in [2.45, 2.75) is 45.1 Å². The molecular weight excluding hydrogens is 388 g/mol. The second-order valence-electron chi connectivity index (χ2n) is 8.39. The van der Waals surface area contributed by atoms with E-state index in [0.29, 0.717) is 19.8 Å². The average molecular weight is 417 g/mol. The van der Waals surface area contributed by atoms with Crippen molar-refractivity contribution in [3.8, 4) is 0 Å². The maximum absolute atomic E-state index is 12.7. The second-order valence-corrected chi connectivity index (χ2v) is 9.48. The minimum atomic E-state index is 0.0118. The summed E-state index contributed by atoms with van der Waals surface area (Å²) in [6, 6.07) is 0. The van der Waals surface area contributed by atoms with Crippen LogP contribution in [0.5, 0.6) is 0 Å². The number of hydrogen-bond acceptors (Lipinski definition) is 6. The molecule has 8 heteroatoms. The topological polar surface area (TPSA) is 78.5 Å². The van der Waals surface area contributed by atoms with Gasteiger partial charge in [-0.3, -0.25) is 14.5 Å². The Kier molecular flexibility index (Phi) is 5.41. The van der Waals surface area contributed by atoms with Crippen LogP contribution in [0.4, 0.5) is 0 Å². The number of fused-ring (bicyclic) bond motifs is 3. The number of nitrogens with zero attached hydrogens (tertiary/aromatic N) is 3. The lowest BCUT2D eigenvalue weighted by molar-refractivity contribution is -0.140. The summed E-state index contributed by atoms with van der Waals surface area (Å²) in [7, 11) is 0. The molecule has 0 unspecified atom stereocenters. The summed E-state index contributed by atoms with van der Waals surface area (Å²) in [6.45, 7) is 5.16. The number of rotatable bonds is 3. The van der Waals surface area contributed by atoms with Crippen molar-refractivity contribution in [1.82, 2.24) is 19.8 Å².